The van der Waals surface area contributed by atoms with Gasteiger partial charge in [-0.05, 0) is 25.1 Å². The fourth-order valence-electron chi connectivity index (χ4n) is 1.50. The first kappa shape index (κ1) is 14.5. The fraction of sp³-hybridized carbons (Fsp3) is 0.333. The molecule has 1 rings (SSSR count). The van der Waals surface area contributed by atoms with Gasteiger partial charge in [-0.15, -0.1) is 0 Å². The third-order valence-corrected chi connectivity index (χ3v) is 2.88. The van der Waals surface area contributed by atoms with Gasteiger partial charge >= 0.3 is 5.97 Å². The van der Waals surface area contributed by atoms with Crippen LogP contribution < -0.4 is 4.74 Å². The first-order chi connectivity index (χ1) is 8.49. The van der Waals surface area contributed by atoms with Crippen LogP contribution in [0.1, 0.15) is 17.3 Å². The number of nitrogens with zero attached hydrogens (tertiary/aromatic N) is 1. The average Bonchev–Trinajstić information content (AvgIpc) is 2.34. The fourth-order valence-corrected chi connectivity index (χ4v) is 1.84. The van der Waals surface area contributed by atoms with E-state index >= 15 is 0 Å². The third-order valence-electron chi connectivity index (χ3n) is 2.39. The Balaban J connectivity index is 3.04. The summed E-state index contributed by atoms with van der Waals surface area (Å²) in [6.07, 6.45) is 0. The molecule has 0 radical (unpaired) electrons. The Morgan fingerprint density at radius 1 is 1.44 bits per heavy atom. The summed E-state index contributed by atoms with van der Waals surface area (Å²) in [4.78, 5) is 24.1. The van der Waals surface area contributed by atoms with Crippen LogP contribution in [0.3, 0.4) is 0 Å². The predicted molar refractivity (Wildman–Crippen MR) is 69.9 cm³/mol. The molecule has 0 aliphatic carbocycles. The van der Waals surface area contributed by atoms with E-state index in [1.807, 2.05) is 0 Å². The largest absolute Gasteiger partial charge is 0.496 e. The number of hydrogen-bond donors (Lipinski definition) is 1. The van der Waals surface area contributed by atoms with Crippen molar-refractivity contribution in [2.75, 3.05) is 20.2 Å². The molecule has 18 heavy (non-hydrogen) atoms. The Morgan fingerprint density at radius 2 is 2.11 bits per heavy atom. The highest BCUT2D eigenvalue weighted by Gasteiger charge is 2.20. The van der Waals surface area contributed by atoms with Gasteiger partial charge in [0, 0.05) is 11.0 Å². The molecule has 5 nitrogen and oxygen atoms in total. The van der Waals surface area contributed by atoms with Crippen molar-refractivity contribution in [1.29, 1.82) is 0 Å². The molecule has 1 N–H and O–H groups in total. The lowest BCUT2D eigenvalue weighted by atomic mass is 10.1. The second-order valence-corrected chi connectivity index (χ2v) is 4.47. The summed E-state index contributed by atoms with van der Waals surface area (Å²) in [7, 11) is 1.46. The number of carbonyl (C=O) groups excluding carboxylic acids is 1. The number of carboxylic acids is 1. The molecule has 0 fully saturated rings. The topological polar surface area (TPSA) is 66.8 Å². The van der Waals surface area contributed by atoms with E-state index in [2.05, 4.69) is 15.9 Å². The number of carboxylic acid groups (broad SMARTS) is 1. The van der Waals surface area contributed by atoms with Crippen molar-refractivity contribution in [3.05, 3.63) is 28.2 Å². The lowest BCUT2D eigenvalue weighted by molar-refractivity contribution is -0.137. The molecule has 0 unspecified atom stereocenters. The molecular weight excluding hydrogens is 302 g/mol. The van der Waals surface area contributed by atoms with Crippen molar-refractivity contribution < 1.29 is 19.4 Å². The zero-order chi connectivity index (χ0) is 13.7. The first-order valence-corrected chi connectivity index (χ1v) is 6.13. The van der Waals surface area contributed by atoms with Crippen molar-refractivity contribution in [3.8, 4) is 5.75 Å². The highest BCUT2D eigenvalue weighted by atomic mass is 79.9. The molecule has 0 heterocycles. The van der Waals surface area contributed by atoms with Gasteiger partial charge in [-0.3, -0.25) is 9.59 Å². The summed E-state index contributed by atoms with van der Waals surface area (Å²) in [6.45, 7) is 1.73. The summed E-state index contributed by atoms with van der Waals surface area (Å²) in [5, 5.41) is 8.75. The number of hydrogen-bond acceptors (Lipinski definition) is 3. The number of ether oxygens (including phenoxy) is 1. The number of rotatable bonds is 5. The molecule has 0 saturated carbocycles. The van der Waals surface area contributed by atoms with Gasteiger partial charge in [-0.1, -0.05) is 15.9 Å². The van der Waals surface area contributed by atoms with Gasteiger partial charge in [0.05, 0.1) is 12.7 Å². The number of carbonyl (C=O) groups is 2. The smallest absolute Gasteiger partial charge is 0.323 e. The quantitative estimate of drug-likeness (QED) is 0.902. The van der Waals surface area contributed by atoms with Crippen molar-refractivity contribution in [2.45, 2.75) is 6.92 Å². The van der Waals surface area contributed by atoms with Gasteiger partial charge in [0.1, 0.15) is 12.3 Å². The van der Waals surface area contributed by atoms with Gasteiger partial charge in [0.15, 0.2) is 0 Å². The van der Waals surface area contributed by atoms with E-state index in [9.17, 15) is 9.59 Å². The van der Waals surface area contributed by atoms with Gasteiger partial charge in [0.25, 0.3) is 5.91 Å². The molecule has 1 aromatic rings. The van der Waals surface area contributed by atoms with Crippen LogP contribution in [0, 0.1) is 0 Å². The molecule has 0 saturated heterocycles. The second kappa shape index (κ2) is 6.39. The van der Waals surface area contributed by atoms with Crippen LogP contribution in [0.2, 0.25) is 0 Å². The number of aliphatic carboxylic acids is 1. The van der Waals surface area contributed by atoms with E-state index in [-0.39, 0.29) is 12.5 Å². The van der Waals surface area contributed by atoms with Crippen LogP contribution >= 0.6 is 15.9 Å². The highest BCUT2D eigenvalue weighted by Crippen LogP contribution is 2.24. The normalized spacial score (nSPS) is 9.94. The van der Waals surface area contributed by atoms with E-state index in [1.54, 1.807) is 25.1 Å². The molecule has 0 spiro atoms. The molecule has 0 aliphatic heterocycles. The molecular formula is C12H14BrNO4. The molecule has 1 amide bonds. The summed E-state index contributed by atoms with van der Waals surface area (Å²) in [5.41, 5.74) is 0.351. The van der Waals surface area contributed by atoms with Crippen molar-refractivity contribution in [2.24, 2.45) is 0 Å². The Kier molecular flexibility index (Phi) is 5.15. The van der Waals surface area contributed by atoms with Crippen LogP contribution in [0.15, 0.2) is 22.7 Å². The lowest BCUT2D eigenvalue weighted by Crippen LogP contribution is -2.35. The predicted octanol–water partition coefficient (Wildman–Crippen LogP) is 2.00. The standard InChI is InChI=1S/C12H14BrNO4/c1-3-14(7-11(15)16)12(17)9-5-4-8(13)6-10(9)18-2/h4-6H,3,7H2,1-2H3,(H,15,16). The first-order valence-electron chi connectivity index (χ1n) is 5.34. The van der Waals surface area contributed by atoms with Crippen molar-refractivity contribution in [3.63, 3.8) is 0 Å². The molecule has 1 aromatic carbocycles. The minimum Gasteiger partial charge on any atom is -0.496 e. The van der Waals surface area contributed by atoms with Crippen LogP contribution in [0.4, 0.5) is 0 Å². The Morgan fingerprint density at radius 3 is 2.61 bits per heavy atom. The monoisotopic (exact) mass is 315 g/mol. The third kappa shape index (κ3) is 3.46. The molecule has 0 bridgehead atoms. The van der Waals surface area contributed by atoms with Gasteiger partial charge in [0.2, 0.25) is 0 Å². The molecule has 6 heteroatoms. The SMILES string of the molecule is CCN(CC(=O)O)C(=O)c1ccc(Br)cc1OC. The summed E-state index contributed by atoms with van der Waals surface area (Å²) < 4.78 is 5.91. The maximum atomic E-state index is 12.2. The van der Waals surface area contributed by atoms with Crippen LogP contribution in [-0.4, -0.2) is 42.1 Å². The zero-order valence-corrected chi connectivity index (χ0v) is 11.7. The number of methoxy groups -OCH3 is 1. The Hall–Kier alpha value is -1.56. The summed E-state index contributed by atoms with van der Waals surface area (Å²) >= 11 is 3.28. The second-order valence-electron chi connectivity index (χ2n) is 3.56. The lowest BCUT2D eigenvalue weighted by Gasteiger charge is -2.19. The van der Waals surface area contributed by atoms with Gasteiger partial charge in [-0.2, -0.15) is 0 Å². The minimum atomic E-state index is -1.04. The van der Waals surface area contributed by atoms with Crippen molar-refractivity contribution >= 4 is 27.8 Å². The summed E-state index contributed by atoms with van der Waals surface area (Å²) in [5.74, 6) is -0.983. The number of amides is 1. The highest BCUT2D eigenvalue weighted by molar-refractivity contribution is 9.10. The maximum Gasteiger partial charge on any atom is 0.323 e. The van der Waals surface area contributed by atoms with E-state index < -0.39 is 5.97 Å². The number of benzene rings is 1. The zero-order valence-electron chi connectivity index (χ0n) is 10.1. The average molecular weight is 316 g/mol. The van der Waals surface area contributed by atoms with Crippen LogP contribution in [0.5, 0.6) is 5.75 Å². The van der Waals surface area contributed by atoms with Crippen LogP contribution in [0.25, 0.3) is 0 Å². The van der Waals surface area contributed by atoms with Crippen molar-refractivity contribution in [1.82, 2.24) is 4.90 Å². The van der Waals surface area contributed by atoms with E-state index in [0.29, 0.717) is 17.9 Å². The Bertz CT molecular complexity index is 461. The summed E-state index contributed by atoms with van der Waals surface area (Å²) in [6, 6.07) is 4.99. The number of halogens is 1. The molecule has 0 aromatic heterocycles. The van der Waals surface area contributed by atoms with E-state index in [1.165, 1.54) is 12.0 Å². The molecule has 98 valence electrons. The van der Waals surface area contributed by atoms with Gasteiger partial charge < -0.3 is 14.7 Å². The van der Waals surface area contributed by atoms with E-state index in [4.69, 9.17) is 9.84 Å². The Labute approximate surface area is 113 Å². The molecule has 0 aliphatic rings. The van der Waals surface area contributed by atoms with Crippen LogP contribution in [-0.2, 0) is 4.79 Å². The molecule has 0 atom stereocenters. The minimum absolute atomic E-state index is 0.324. The van der Waals surface area contributed by atoms with E-state index in [0.717, 1.165) is 4.47 Å². The number of likely N-dealkylation sites (N-methyl/N-ethyl adjacent to an activating group) is 1. The van der Waals surface area contributed by atoms with Gasteiger partial charge in [-0.25, -0.2) is 0 Å². The maximum absolute atomic E-state index is 12.2.